The number of carbonyl (C=O) groups excluding carboxylic acids is 1. The van der Waals surface area contributed by atoms with Crippen LogP contribution in [0.25, 0.3) is 6.08 Å². The molecule has 0 radical (unpaired) electrons. The summed E-state index contributed by atoms with van der Waals surface area (Å²) < 4.78 is 13.0. The van der Waals surface area contributed by atoms with Crippen LogP contribution in [0.5, 0.6) is 11.5 Å². The molecule has 4 N–H and O–H groups in total. The number of urea groups is 1. The van der Waals surface area contributed by atoms with E-state index in [2.05, 4.69) is 15.8 Å². The van der Waals surface area contributed by atoms with Crippen molar-refractivity contribution in [1.29, 1.82) is 0 Å². The van der Waals surface area contributed by atoms with E-state index in [1.165, 1.54) is 30.3 Å². The Kier molecular flexibility index (Phi) is 6.22. The van der Waals surface area contributed by atoms with Crippen molar-refractivity contribution in [3.8, 4) is 11.5 Å². The average molecular weight is 391 g/mol. The van der Waals surface area contributed by atoms with Crippen LogP contribution in [-0.2, 0) is 0 Å². The molecule has 3 aromatic rings. The summed E-state index contributed by atoms with van der Waals surface area (Å²) in [5.74, 6) is -0.256. The highest BCUT2D eigenvalue weighted by molar-refractivity contribution is 6.12. The molecule has 0 aliphatic carbocycles. The number of nitrogens with zero attached hydrogens (tertiary/aromatic N) is 1. The van der Waals surface area contributed by atoms with E-state index < -0.39 is 11.8 Å². The molecule has 0 saturated heterocycles. The first-order valence-electron chi connectivity index (χ1n) is 8.67. The summed E-state index contributed by atoms with van der Waals surface area (Å²) >= 11 is 0. The largest absolute Gasteiger partial charge is 0.508 e. The third-order valence-electron chi connectivity index (χ3n) is 3.89. The first-order chi connectivity index (χ1) is 14.0. The van der Waals surface area contributed by atoms with Crippen LogP contribution in [0.2, 0.25) is 0 Å². The van der Waals surface area contributed by atoms with Crippen LogP contribution in [0.1, 0.15) is 11.1 Å². The van der Waals surface area contributed by atoms with Gasteiger partial charge in [0.05, 0.1) is 5.71 Å². The number of halogens is 1. The summed E-state index contributed by atoms with van der Waals surface area (Å²) in [7, 11) is 0. The van der Waals surface area contributed by atoms with E-state index in [0.29, 0.717) is 17.0 Å². The number of para-hydroxylation sites is 1. The van der Waals surface area contributed by atoms with Gasteiger partial charge in [-0.3, -0.25) is 0 Å². The van der Waals surface area contributed by atoms with E-state index in [0.717, 1.165) is 5.56 Å². The molecule has 7 heteroatoms. The first kappa shape index (κ1) is 19.6. The zero-order valence-electron chi connectivity index (χ0n) is 15.2. The van der Waals surface area contributed by atoms with Crippen LogP contribution in [0.4, 0.5) is 14.9 Å². The Hall–Kier alpha value is -4.13. The number of nitrogens with one attached hydrogen (secondary N) is 2. The van der Waals surface area contributed by atoms with Gasteiger partial charge in [0.25, 0.3) is 0 Å². The van der Waals surface area contributed by atoms with Crippen molar-refractivity contribution in [3.63, 3.8) is 0 Å². The lowest BCUT2D eigenvalue weighted by Crippen LogP contribution is -2.25. The predicted octanol–water partition coefficient (Wildman–Crippen LogP) is 4.48. The SMILES string of the molecule is O=C(N/N=C(\C=C\c1ccc(O)cc1)c1ccccc1O)Nc1ccc(F)cc1. The molecule has 0 aromatic heterocycles. The summed E-state index contributed by atoms with van der Waals surface area (Å²) in [5.41, 5.74) is 4.29. The molecule has 0 unspecified atom stereocenters. The second kappa shape index (κ2) is 9.18. The second-order valence-corrected chi connectivity index (χ2v) is 6.01. The number of carbonyl (C=O) groups is 1. The summed E-state index contributed by atoms with van der Waals surface area (Å²) in [6, 6.07) is 17.8. The number of benzene rings is 3. The Balaban J connectivity index is 1.80. The van der Waals surface area contributed by atoms with Crippen molar-refractivity contribution in [2.24, 2.45) is 5.10 Å². The molecule has 6 nitrogen and oxygen atoms in total. The summed E-state index contributed by atoms with van der Waals surface area (Å²) in [4.78, 5) is 12.1. The lowest BCUT2D eigenvalue weighted by Gasteiger charge is -2.07. The topological polar surface area (TPSA) is 94.0 Å². The summed E-state index contributed by atoms with van der Waals surface area (Å²) in [6.07, 6.45) is 3.35. The third-order valence-corrected chi connectivity index (χ3v) is 3.89. The van der Waals surface area contributed by atoms with E-state index in [4.69, 9.17) is 0 Å². The zero-order chi connectivity index (χ0) is 20.6. The molecule has 3 rings (SSSR count). The maximum Gasteiger partial charge on any atom is 0.339 e. The van der Waals surface area contributed by atoms with Gasteiger partial charge in [0.15, 0.2) is 0 Å². The van der Waals surface area contributed by atoms with E-state index >= 15 is 0 Å². The van der Waals surface area contributed by atoms with Crippen molar-refractivity contribution in [2.75, 3.05) is 5.32 Å². The number of allylic oxidation sites excluding steroid dienone is 1. The smallest absolute Gasteiger partial charge is 0.339 e. The fourth-order valence-electron chi connectivity index (χ4n) is 2.44. The highest BCUT2D eigenvalue weighted by atomic mass is 19.1. The van der Waals surface area contributed by atoms with E-state index in [9.17, 15) is 19.4 Å². The number of amides is 2. The van der Waals surface area contributed by atoms with E-state index in [1.807, 2.05) is 0 Å². The molecule has 0 atom stereocenters. The van der Waals surface area contributed by atoms with Gasteiger partial charge >= 0.3 is 6.03 Å². The van der Waals surface area contributed by atoms with E-state index in [1.54, 1.807) is 54.6 Å². The standard InChI is InChI=1S/C22H18FN3O3/c23-16-8-10-17(11-9-16)24-22(29)26-25-20(19-3-1-2-4-21(19)28)14-7-15-5-12-18(27)13-6-15/h1-14,27-28H,(H2,24,26,29)/b14-7+,25-20+. The van der Waals surface area contributed by atoms with E-state index in [-0.39, 0.29) is 11.5 Å². The maximum absolute atomic E-state index is 13.0. The van der Waals surface area contributed by atoms with Gasteiger partial charge in [-0.2, -0.15) is 5.10 Å². The number of anilines is 1. The van der Waals surface area contributed by atoms with Gasteiger partial charge in [-0.15, -0.1) is 0 Å². The number of hydrogen-bond donors (Lipinski definition) is 4. The van der Waals surface area contributed by atoms with Crippen LogP contribution in [0.15, 0.2) is 84.0 Å². The molecule has 0 aliphatic heterocycles. The minimum Gasteiger partial charge on any atom is -0.508 e. The first-order valence-corrected chi connectivity index (χ1v) is 8.67. The predicted molar refractivity (Wildman–Crippen MR) is 110 cm³/mol. The maximum atomic E-state index is 13.0. The van der Waals surface area contributed by atoms with Gasteiger partial charge < -0.3 is 15.5 Å². The van der Waals surface area contributed by atoms with Crippen LogP contribution in [0, 0.1) is 5.82 Å². The molecule has 0 spiro atoms. The van der Waals surface area contributed by atoms with Gasteiger partial charge in [0.2, 0.25) is 0 Å². The lowest BCUT2D eigenvalue weighted by atomic mass is 10.1. The van der Waals surface area contributed by atoms with Crippen LogP contribution in [0.3, 0.4) is 0 Å². The fraction of sp³-hybridized carbons (Fsp3) is 0. The highest BCUT2D eigenvalue weighted by Gasteiger charge is 2.07. The minimum atomic E-state index is -0.623. The molecular weight excluding hydrogens is 373 g/mol. The molecule has 0 aliphatic rings. The molecule has 3 aromatic carbocycles. The molecule has 0 heterocycles. The lowest BCUT2D eigenvalue weighted by molar-refractivity contribution is 0.252. The number of phenolic OH excluding ortho intramolecular Hbond substituents is 2. The van der Waals surface area contributed by atoms with Gasteiger partial charge in [-0.25, -0.2) is 14.6 Å². The summed E-state index contributed by atoms with van der Waals surface area (Å²) in [6.45, 7) is 0. The Morgan fingerprint density at radius 3 is 2.31 bits per heavy atom. The second-order valence-electron chi connectivity index (χ2n) is 6.01. The van der Waals surface area contributed by atoms with Crippen molar-refractivity contribution < 1.29 is 19.4 Å². The molecular formula is C22H18FN3O3. The van der Waals surface area contributed by atoms with Gasteiger partial charge in [0, 0.05) is 11.3 Å². The third kappa shape index (κ3) is 5.67. The highest BCUT2D eigenvalue weighted by Crippen LogP contribution is 2.18. The Morgan fingerprint density at radius 2 is 1.62 bits per heavy atom. The fourth-order valence-corrected chi connectivity index (χ4v) is 2.44. The van der Waals surface area contributed by atoms with Crippen LogP contribution < -0.4 is 10.7 Å². The monoisotopic (exact) mass is 391 g/mol. The molecule has 0 fully saturated rings. The van der Waals surface area contributed by atoms with Crippen molar-refractivity contribution in [3.05, 3.63) is 95.8 Å². The quantitative estimate of drug-likeness (QED) is 0.382. The minimum absolute atomic E-state index is 0.00217. The molecule has 0 saturated carbocycles. The summed E-state index contributed by atoms with van der Waals surface area (Å²) in [5, 5.41) is 26.1. The molecule has 0 bridgehead atoms. The van der Waals surface area contributed by atoms with Crippen molar-refractivity contribution in [1.82, 2.24) is 5.43 Å². The van der Waals surface area contributed by atoms with Crippen LogP contribution >= 0.6 is 0 Å². The molecule has 29 heavy (non-hydrogen) atoms. The van der Waals surface area contributed by atoms with Crippen LogP contribution in [-0.4, -0.2) is 22.0 Å². The molecule has 146 valence electrons. The Labute approximate surface area is 166 Å². The zero-order valence-corrected chi connectivity index (χ0v) is 15.2. The molecule has 2 amide bonds. The Morgan fingerprint density at radius 1 is 0.931 bits per heavy atom. The number of hydrogen-bond acceptors (Lipinski definition) is 4. The number of rotatable bonds is 5. The average Bonchev–Trinajstić information content (AvgIpc) is 2.72. The number of phenols is 2. The van der Waals surface area contributed by atoms with Crippen molar-refractivity contribution >= 4 is 23.5 Å². The van der Waals surface area contributed by atoms with Gasteiger partial charge in [-0.05, 0) is 60.2 Å². The van der Waals surface area contributed by atoms with Crippen molar-refractivity contribution in [2.45, 2.75) is 0 Å². The van der Waals surface area contributed by atoms with Gasteiger partial charge in [0.1, 0.15) is 17.3 Å². The van der Waals surface area contributed by atoms with Gasteiger partial charge in [-0.1, -0.05) is 30.3 Å². The number of aromatic hydroxyl groups is 2. The Bertz CT molecular complexity index is 1050. The normalized spacial score (nSPS) is 11.4. The number of hydrazone groups is 1.